The molecule has 1 aliphatic heterocycles. The lowest BCUT2D eigenvalue weighted by Gasteiger charge is -2.33. The SMILES string of the molecule is Cc1ccc(C(CNS(=O)(=O)c2ccccc2Br)N2CCOCC2)o1. The monoisotopic (exact) mass is 428 g/mol. The number of ether oxygens (including phenoxy) is 1. The van der Waals surface area contributed by atoms with E-state index in [0.29, 0.717) is 17.7 Å². The number of morpholine rings is 1. The van der Waals surface area contributed by atoms with E-state index in [1.165, 1.54) is 0 Å². The van der Waals surface area contributed by atoms with Crippen molar-refractivity contribution >= 4 is 26.0 Å². The van der Waals surface area contributed by atoms with E-state index in [9.17, 15) is 8.42 Å². The number of nitrogens with one attached hydrogen (secondary N) is 1. The smallest absolute Gasteiger partial charge is 0.241 e. The fraction of sp³-hybridized carbons (Fsp3) is 0.412. The Bertz CT molecular complexity index is 816. The van der Waals surface area contributed by atoms with Gasteiger partial charge in [0, 0.05) is 24.1 Å². The Hall–Kier alpha value is -1.19. The highest BCUT2D eigenvalue weighted by molar-refractivity contribution is 9.10. The molecule has 0 saturated carbocycles. The number of rotatable bonds is 6. The molecule has 0 radical (unpaired) electrons. The van der Waals surface area contributed by atoms with Crippen LogP contribution in [0.1, 0.15) is 17.6 Å². The Kier molecular flexibility index (Phi) is 5.96. The van der Waals surface area contributed by atoms with Gasteiger partial charge in [0.15, 0.2) is 0 Å². The van der Waals surface area contributed by atoms with E-state index in [1.807, 2.05) is 19.1 Å². The molecule has 1 N–H and O–H groups in total. The van der Waals surface area contributed by atoms with E-state index in [4.69, 9.17) is 9.15 Å². The lowest BCUT2D eigenvalue weighted by atomic mass is 10.2. The summed E-state index contributed by atoms with van der Waals surface area (Å²) in [5, 5.41) is 0. The molecular formula is C17H21BrN2O4S. The van der Waals surface area contributed by atoms with E-state index < -0.39 is 10.0 Å². The Morgan fingerprint density at radius 2 is 1.92 bits per heavy atom. The topological polar surface area (TPSA) is 71.8 Å². The average Bonchev–Trinajstić information content (AvgIpc) is 3.02. The van der Waals surface area contributed by atoms with Gasteiger partial charge in [0.05, 0.1) is 24.2 Å². The third-order valence-corrected chi connectivity index (χ3v) is 6.60. The molecule has 1 aliphatic rings. The molecule has 1 saturated heterocycles. The molecule has 2 heterocycles. The molecule has 0 bridgehead atoms. The molecule has 1 fully saturated rings. The van der Waals surface area contributed by atoms with Gasteiger partial charge in [-0.05, 0) is 47.1 Å². The number of furan rings is 1. The number of hydrogen-bond donors (Lipinski definition) is 1. The molecule has 0 aliphatic carbocycles. The number of sulfonamides is 1. The summed E-state index contributed by atoms with van der Waals surface area (Å²) in [4.78, 5) is 2.41. The normalized spacial score (nSPS) is 17.5. The molecule has 1 unspecified atom stereocenters. The number of aryl methyl sites for hydroxylation is 1. The maximum atomic E-state index is 12.7. The minimum absolute atomic E-state index is 0.171. The van der Waals surface area contributed by atoms with Gasteiger partial charge in [0.25, 0.3) is 0 Å². The largest absolute Gasteiger partial charge is 0.465 e. The molecule has 1 aromatic heterocycles. The van der Waals surface area contributed by atoms with Crippen LogP contribution in [0.2, 0.25) is 0 Å². The van der Waals surface area contributed by atoms with Gasteiger partial charge in [-0.1, -0.05) is 12.1 Å². The van der Waals surface area contributed by atoms with Crippen LogP contribution >= 0.6 is 15.9 Å². The van der Waals surface area contributed by atoms with Crippen LogP contribution in [0.15, 0.2) is 50.2 Å². The van der Waals surface area contributed by atoms with Crippen LogP contribution in [0.5, 0.6) is 0 Å². The van der Waals surface area contributed by atoms with Crippen molar-refractivity contribution in [2.24, 2.45) is 0 Å². The van der Waals surface area contributed by atoms with Crippen LogP contribution in [-0.4, -0.2) is 46.2 Å². The summed E-state index contributed by atoms with van der Waals surface area (Å²) in [7, 11) is -3.62. The van der Waals surface area contributed by atoms with E-state index in [2.05, 4.69) is 25.6 Å². The van der Waals surface area contributed by atoms with E-state index in [0.717, 1.165) is 24.6 Å². The second-order valence-corrected chi connectivity index (χ2v) is 8.48. The van der Waals surface area contributed by atoms with Crippen molar-refractivity contribution in [3.05, 3.63) is 52.4 Å². The minimum Gasteiger partial charge on any atom is -0.465 e. The molecule has 25 heavy (non-hydrogen) atoms. The number of nitrogens with zero attached hydrogens (tertiary/aromatic N) is 1. The Morgan fingerprint density at radius 1 is 1.20 bits per heavy atom. The van der Waals surface area contributed by atoms with Crippen molar-refractivity contribution in [2.45, 2.75) is 17.9 Å². The lowest BCUT2D eigenvalue weighted by molar-refractivity contribution is 0.0127. The van der Waals surface area contributed by atoms with Gasteiger partial charge in [-0.15, -0.1) is 0 Å². The van der Waals surface area contributed by atoms with Crippen molar-refractivity contribution in [2.75, 3.05) is 32.8 Å². The molecular weight excluding hydrogens is 408 g/mol. The van der Waals surface area contributed by atoms with Gasteiger partial charge in [-0.2, -0.15) is 0 Å². The Morgan fingerprint density at radius 3 is 2.56 bits per heavy atom. The van der Waals surface area contributed by atoms with Crippen LogP contribution in [-0.2, 0) is 14.8 Å². The summed E-state index contributed by atoms with van der Waals surface area (Å²) in [5.41, 5.74) is 0. The lowest BCUT2D eigenvalue weighted by Crippen LogP contribution is -2.43. The highest BCUT2D eigenvalue weighted by Gasteiger charge is 2.27. The third-order valence-electron chi connectivity index (χ3n) is 4.17. The van der Waals surface area contributed by atoms with Crippen molar-refractivity contribution in [3.8, 4) is 0 Å². The van der Waals surface area contributed by atoms with Crippen molar-refractivity contribution in [3.63, 3.8) is 0 Å². The van der Waals surface area contributed by atoms with E-state index in [-0.39, 0.29) is 17.5 Å². The van der Waals surface area contributed by atoms with Crippen molar-refractivity contribution in [1.82, 2.24) is 9.62 Å². The second kappa shape index (κ2) is 8.01. The van der Waals surface area contributed by atoms with Crippen LogP contribution in [0.3, 0.4) is 0 Å². The van der Waals surface area contributed by atoms with E-state index in [1.54, 1.807) is 24.3 Å². The first kappa shape index (κ1) is 18.6. The zero-order valence-corrected chi connectivity index (χ0v) is 16.3. The molecule has 2 aromatic rings. The highest BCUT2D eigenvalue weighted by atomic mass is 79.9. The maximum Gasteiger partial charge on any atom is 0.241 e. The maximum absolute atomic E-state index is 12.7. The van der Waals surface area contributed by atoms with Gasteiger partial charge in [-0.3, -0.25) is 4.90 Å². The third kappa shape index (κ3) is 4.51. The van der Waals surface area contributed by atoms with Crippen molar-refractivity contribution in [1.29, 1.82) is 0 Å². The van der Waals surface area contributed by atoms with Gasteiger partial charge in [-0.25, -0.2) is 13.1 Å². The van der Waals surface area contributed by atoms with Crippen molar-refractivity contribution < 1.29 is 17.6 Å². The number of halogens is 1. The fourth-order valence-corrected chi connectivity index (χ4v) is 4.90. The van der Waals surface area contributed by atoms with E-state index >= 15 is 0 Å². The van der Waals surface area contributed by atoms with Crippen LogP contribution < -0.4 is 4.72 Å². The first-order valence-electron chi connectivity index (χ1n) is 8.10. The zero-order valence-electron chi connectivity index (χ0n) is 13.9. The van der Waals surface area contributed by atoms with Gasteiger partial charge < -0.3 is 9.15 Å². The minimum atomic E-state index is -3.62. The average molecular weight is 429 g/mol. The summed E-state index contributed by atoms with van der Waals surface area (Å²) >= 11 is 3.30. The Labute approximate surface area is 156 Å². The van der Waals surface area contributed by atoms with Crippen LogP contribution in [0.4, 0.5) is 0 Å². The quantitative estimate of drug-likeness (QED) is 0.765. The molecule has 0 amide bonds. The number of benzene rings is 1. The van der Waals surface area contributed by atoms with Gasteiger partial charge >= 0.3 is 0 Å². The first-order chi connectivity index (χ1) is 12.0. The summed E-state index contributed by atoms with van der Waals surface area (Å²) in [5.74, 6) is 1.57. The summed E-state index contributed by atoms with van der Waals surface area (Å²) in [6.45, 7) is 4.85. The molecule has 1 aromatic carbocycles. The summed E-state index contributed by atoms with van der Waals surface area (Å²) in [6.07, 6.45) is 0. The molecule has 1 atom stereocenters. The van der Waals surface area contributed by atoms with Gasteiger partial charge in [0.2, 0.25) is 10.0 Å². The highest BCUT2D eigenvalue weighted by Crippen LogP contribution is 2.25. The molecule has 136 valence electrons. The zero-order chi connectivity index (χ0) is 17.9. The standard InChI is InChI=1S/C17H21BrN2O4S/c1-13-6-7-16(24-13)15(20-8-10-23-11-9-20)12-19-25(21,22)17-5-3-2-4-14(17)18/h2-7,15,19H,8-12H2,1H3. The second-order valence-electron chi connectivity index (χ2n) is 5.89. The predicted octanol–water partition coefficient (Wildman–Crippen LogP) is 2.70. The molecule has 8 heteroatoms. The Balaban J connectivity index is 1.79. The summed E-state index contributed by atoms with van der Waals surface area (Å²) in [6, 6.07) is 10.4. The molecule has 3 rings (SSSR count). The van der Waals surface area contributed by atoms with Gasteiger partial charge in [0.1, 0.15) is 11.5 Å². The summed E-state index contributed by atoms with van der Waals surface area (Å²) < 4.78 is 39.8. The van der Waals surface area contributed by atoms with Crippen LogP contribution in [0, 0.1) is 6.92 Å². The number of hydrogen-bond acceptors (Lipinski definition) is 5. The fourth-order valence-electron chi connectivity index (χ4n) is 2.86. The molecule has 0 spiro atoms. The molecule has 6 nitrogen and oxygen atoms in total. The van der Waals surface area contributed by atoms with Crippen LogP contribution in [0.25, 0.3) is 0 Å². The first-order valence-corrected chi connectivity index (χ1v) is 10.4. The predicted molar refractivity (Wildman–Crippen MR) is 97.9 cm³/mol.